The van der Waals surface area contributed by atoms with Crippen LogP contribution in [0, 0.1) is 0 Å². The van der Waals surface area contributed by atoms with E-state index < -0.39 is 0 Å². The quantitative estimate of drug-likeness (QED) is 0.595. The molecule has 0 bridgehead atoms. The van der Waals surface area contributed by atoms with Gasteiger partial charge in [-0.2, -0.15) is 0 Å². The summed E-state index contributed by atoms with van der Waals surface area (Å²) in [5.74, 6) is 0. The fourth-order valence-electron chi connectivity index (χ4n) is 1.93. The van der Waals surface area contributed by atoms with E-state index in [-0.39, 0.29) is 0 Å². The average Bonchev–Trinajstić information content (AvgIpc) is 2.42. The van der Waals surface area contributed by atoms with E-state index in [1.807, 2.05) is 38.4 Å². The molecular weight excluding hydrogens is 252 g/mol. The highest BCUT2D eigenvalue weighted by molar-refractivity contribution is 5.92. The van der Waals surface area contributed by atoms with Gasteiger partial charge in [-0.05, 0) is 38.4 Å². The van der Waals surface area contributed by atoms with Crippen molar-refractivity contribution >= 4 is 22.3 Å². The standard InChI is InChI=1S/C15H22N4O/c1-19(2)8-10-20-9-7-18-14-5-6-17-15-11-12(16)3-4-13(14)15/h3-6,11H,7-10,16H2,1-2H3,(H,17,18). The van der Waals surface area contributed by atoms with Crippen molar-refractivity contribution in [2.24, 2.45) is 0 Å². The number of nitrogens with one attached hydrogen (secondary N) is 1. The molecule has 0 unspecified atom stereocenters. The maximum Gasteiger partial charge on any atom is 0.0743 e. The second-order valence-corrected chi connectivity index (χ2v) is 4.98. The molecule has 0 saturated heterocycles. The molecule has 2 aromatic rings. The lowest BCUT2D eigenvalue weighted by molar-refractivity contribution is 0.126. The van der Waals surface area contributed by atoms with Crippen LogP contribution < -0.4 is 11.1 Å². The third-order valence-electron chi connectivity index (χ3n) is 3.01. The van der Waals surface area contributed by atoms with Crippen molar-refractivity contribution in [1.82, 2.24) is 9.88 Å². The molecule has 0 fully saturated rings. The lowest BCUT2D eigenvalue weighted by Crippen LogP contribution is -2.20. The van der Waals surface area contributed by atoms with Crippen LogP contribution in [-0.2, 0) is 4.74 Å². The minimum Gasteiger partial charge on any atom is -0.399 e. The number of ether oxygens (including phenoxy) is 1. The SMILES string of the molecule is CN(C)CCOCCNc1ccnc2cc(N)ccc12. The number of nitrogen functional groups attached to an aromatic ring is 1. The van der Waals surface area contributed by atoms with Gasteiger partial charge in [0.2, 0.25) is 0 Å². The molecule has 0 amide bonds. The highest BCUT2D eigenvalue weighted by Crippen LogP contribution is 2.22. The van der Waals surface area contributed by atoms with E-state index in [1.54, 1.807) is 6.20 Å². The van der Waals surface area contributed by atoms with E-state index in [9.17, 15) is 0 Å². The zero-order chi connectivity index (χ0) is 14.4. The summed E-state index contributed by atoms with van der Waals surface area (Å²) >= 11 is 0. The Morgan fingerprint density at radius 1 is 1.25 bits per heavy atom. The molecule has 5 nitrogen and oxygen atoms in total. The molecule has 0 saturated carbocycles. The van der Waals surface area contributed by atoms with Gasteiger partial charge in [-0.1, -0.05) is 0 Å². The fourth-order valence-corrected chi connectivity index (χ4v) is 1.93. The second kappa shape index (κ2) is 7.07. The summed E-state index contributed by atoms with van der Waals surface area (Å²) in [6.07, 6.45) is 1.79. The monoisotopic (exact) mass is 274 g/mol. The molecule has 0 aliphatic carbocycles. The number of rotatable bonds is 7. The van der Waals surface area contributed by atoms with E-state index in [4.69, 9.17) is 10.5 Å². The van der Waals surface area contributed by atoms with Gasteiger partial charge in [0.1, 0.15) is 0 Å². The van der Waals surface area contributed by atoms with Gasteiger partial charge < -0.3 is 20.7 Å². The number of pyridine rings is 1. The minimum absolute atomic E-state index is 0.687. The van der Waals surface area contributed by atoms with Crippen LogP contribution in [0.5, 0.6) is 0 Å². The Hall–Kier alpha value is -1.85. The first-order valence-corrected chi connectivity index (χ1v) is 6.77. The molecule has 1 aromatic heterocycles. The van der Waals surface area contributed by atoms with Gasteiger partial charge >= 0.3 is 0 Å². The van der Waals surface area contributed by atoms with E-state index in [0.29, 0.717) is 6.61 Å². The first-order valence-electron chi connectivity index (χ1n) is 6.77. The van der Waals surface area contributed by atoms with Crippen molar-refractivity contribution in [2.45, 2.75) is 0 Å². The largest absolute Gasteiger partial charge is 0.399 e. The number of benzene rings is 1. The maximum atomic E-state index is 5.77. The average molecular weight is 274 g/mol. The Bertz CT molecular complexity index is 557. The van der Waals surface area contributed by atoms with Crippen molar-refractivity contribution in [3.05, 3.63) is 30.5 Å². The first-order chi connectivity index (χ1) is 9.66. The summed E-state index contributed by atoms with van der Waals surface area (Å²) in [5, 5.41) is 4.45. The van der Waals surface area contributed by atoms with E-state index in [1.165, 1.54) is 0 Å². The van der Waals surface area contributed by atoms with Crippen LogP contribution in [0.4, 0.5) is 11.4 Å². The van der Waals surface area contributed by atoms with Crippen LogP contribution in [-0.4, -0.2) is 50.3 Å². The summed E-state index contributed by atoms with van der Waals surface area (Å²) < 4.78 is 5.56. The van der Waals surface area contributed by atoms with Gasteiger partial charge in [0.05, 0.1) is 18.7 Å². The Labute approximate surface area is 119 Å². The molecule has 2 rings (SSSR count). The van der Waals surface area contributed by atoms with E-state index >= 15 is 0 Å². The van der Waals surface area contributed by atoms with Crippen LogP contribution in [0.2, 0.25) is 0 Å². The van der Waals surface area contributed by atoms with Crippen molar-refractivity contribution in [3.8, 4) is 0 Å². The van der Waals surface area contributed by atoms with Gasteiger partial charge in [-0.3, -0.25) is 4.98 Å². The van der Waals surface area contributed by atoms with Crippen molar-refractivity contribution in [1.29, 1.82) is 0 Å². The Kier molecular flexibility index (Phi) is 5.15. The van der Waals surface area contributed by atoms with Gasteiger partial charge in [0, 0.05) is 36.0 Å². The van der Waals surface area contributed by atoms with Crippen LogP contribution in [0.15, 0.2) is 30.5 Å². The van der Waals surface area contributed by atoms with Crippen LogP contribution in [0.1, 0.15) is 0 Å². The lowest BCUT2D eigenvalue weighted by Gasteiger charge is -2.12. The zero-order valence-electron chi connectivity index (χ0n) is 12.1. The van der Waals surface area contributed by atoms with Crippen molar-refractivity contribution < 1.29 is 4.74 Å². The molecule has 0 radical (unpaired) electrons. The zero-order valence-corrected chi connectivity index (χ0v) is 12.1. The summed E-state index contributed by atoms with van der Waals surface area (Å²) in [6, 6.07) is 7.74. The molecule has 20 heavy (non-hydrogen) atoms. The van der Waals surface area contributed by atoms with Gasteiger partial charge in [-0.25, -0.2) is 0 Å². The molecule has 0 spiro atoms. The third-order valence-corrected chi connectivity index (χ3v) is 3.01. The molecular formula is C15H22N4O. The van der Waals surface area contributed by atoms with Crippen LogP contribution >= 0.6 is 0 Å². The number of hydrogen-bond acceptors (Lipinski definition) is 5. The summed E-state index contributed by atoms with van der Waals surface area (Å²) in [5.41, 5.74) is 8.47. The van der Waals surface area contributed by atoms with Gasteiger partial charge in [0.25, 0.3) is 0 Å². The Morgan fingerprint density at radius 3 is 2.90 bits per heavy atom. The minimum atomic E-state index is 0.687. The molecule has 1 heterocycles. The predicted molar refractivity (Wildman–Crippen MR) is 84.0 cm³/mol. The fraction of sp³-hybridized carbons (Fsp3) is 0.400. The maximum absolute atomic E-state index is 5.77. The smallest absolute Gasteiger partial charge is 0.0743 e. The van der Waals surface area contributed by atoms with Gasteiger partial charge in [0.15, 0.2) is 0 Å². The van der Waals surface area contributed by atoms with Crippen LogP contribution in [0.25, 0.3) is 10.9 Å². The summed E-state index contributed by atoms with van der Waals surface area (Å²) in [7, 11) is 4.08. The highest BCUT2D eigenvalue weighted by atomic mass is 16.5. The number of nitrogens with two attached hydrogens (primary N) is 1. The lowest BCUT2D eigenvalue weighted by atomic mass is 10.1. The third kappa shape index (κ3) is 4.08. The molecule has 3 N–H and O–H groups in total. The summed E-state index contributed by atoms with van der Waals surface area (Å²) in [4.78, 5) is 6.43. The van der Waals surface area contributed by atoms with Crippen LogP contribution in [0.3, 0.4) is 0 Å². The number of hydrogen-bond donors (Lipinski definition) is 2. The number of aromatic nitrogens is 1. The van der Waals surface area contributed by atoms with Gasteiger partial charge in [-0.15, -0.1) is 0 Å². The summed E-state index contributed by atoms with van der Waals surface area (Å²) in [6.45, 7) is 3.16. The number of fused-ring (bicyclic) bond motifs is 1. The van der Waals surface area contributed by atoms with E-state index in [2.05, 4.69) is 15.2 Å². The van der Waals surface area contributed by atoms with E-state index in [0.717, 1.165) is 42.0 Å². The van der Waals surface area contributed by atoms with Crippen molar-refractivity contribution in [2.75, 3.05) is 51.4 Å². The topological polar surface area (TPSA) is 63.4 Å². The highest BCUT2D eigenvalue weighted by Gasteiger charge is 2.01. The second-order valence-electron chi connectivity index (χ2n) is 4.98. The predicted octanol–water partition coefficient (Wildman–Crippen LogP) is 1.81. The number of anilines is 2. The normalized spacial score (nSPS) is 11.2. The van der Waals surface area contributed by atoms with Crippen molar-refractivity contribution in [3.63, 3.8) is 0 Å². The molecule has 0 atom stereocenters. The number of likely N-dealkylation sites (N-methyl/N-ethyl adjacent to an activating group) is 1. The molecule has 1 aromatic carbocycles. The first kappa shape index (κ1) is 14.6. The molecule has 0 aliphatic heterocycles. The number of nitrogens with zero attached hydrogens (tertiary/aromatic N) is 2. The molecule has 0 aliphatic rings. The Balaban J connectivity index is 1.87. The molecule has 108 valence electrons. The molecule has 5 heteroatoms. The Morgan fingerprint density at radius 2 is 2.10 bits per heavy atom.